The van der Waals surface area contributed by atoms with Gasteiger partial charge in [0.1, 0.15) is 0 Å². The summed E-state index contributed by atoms with van der Waals surface area (Å²) in [6, 6.07) is 24.9. The predicted molar refractivity (Wildman–Crippen MR) is 110 cm³/mol. The molecule has 0 heterocycles. The predicted octanol–water partition coefficient (Wildman–Crippen LogP) is 4.80. The second kappa shape index (κ2) is 8.07. The van der Waals surface area contributed by atoms with Crippen LogP contribution in [0.3, 0.4) is 0 Å². The zero-order valence-electron chi connectivity index (χ0n) is 15.9. The van der Waals surface area contributed by atoms with Gasteiger partial charge in [-0.15, -0.1) is 0 Å². The van der Waals surface area contributed by atoms with Crippen LogP contribution in [0.15, 0.2) is 83.8 Å². The molecule has 27 heavy (non-hydrogen) atoms. The Kier molecular flexibility index (Phi) is 5.78. The molecular formula is C23H25NO2S. The van der Waals surface area contributed by atoms with Gasteiger partial charge in [-0.1, -0.05) is 77.9 Å². The van der Waals surface area contributed by atoms with Crippen LogP contribution in [-0.4, -0.2) is 14.5 Å². The lowest BCUT2D eigenvalue weighted by Crippen LogP contribution is -2.37. The second-order valence-corrected chi connectivity index (χ2v) is 8.74. The van der Waals surface area contributed by atoms with Crippen molar-refractivity contribution in [2.24, 2.45) is 0 Å². The molecular weight excluding hydrogens is 354 g/mol. The molecule has 0 amide bonds. The van der Waals surface area contributed by atoms with Gasteiger partial charge in [0.05, 0.1) is 4.90 Å². The average molecular weight is 380 g/mol. The topological polar surface area (TPSA) is 46.2 Å². The van der Waals surface area contributed by atoms with E-state index in [1.165, 1.54) is 5.56 Å². The van der Waals surface area contributed by atoms with Crippen LogP contribution in [0.1, 0.15) is 35.1 Å². The first-order chi connectivity index (χ1) is 12.9. The molecule has 0 radical (unpaired) electrons. The largest absolute Gasteiger partial charge is 0.240 e. The molecule has 0 saturated heterocycles. The molecule has 0 spiro atoms. The van der Waals surface area contributed by atoms with Crippen molar-refractivity contribution in [2.75, 3.05) is 0 Å². The minimum Gasteiger partial charge on any atom is -0.207 e. The Morgan fingerprint density at radius 1 is 0.704 bits per heavy atom. The lowest BCUT2D eigenvalue weighted by atomic mass is 9.86. The fourth-order valence-corrected chi connectivity index (χ4v) is 4.56. The highest BCUT2D eigenvalue weighted by atomic mass is 32.2. The summed E-state index contributed by atoms with van der Waals surface area (Å²) in [6.45, 7) is 5.91. The number of hydrogen-bond donors (Lipinski definition) is 1. The van der Waals surface area contributed by atoms with E-state index >= 15 is 0 Å². The van der Waals surface area contributed by atoms with Crippen LogP contribution in [0.2, 0.25) is 0 Å². The number of aryl methyl sites for hydroxylation is 2. The van der Waals surface area contributed by atoms with Crippen LogP contribution < -0.4 is 4.72 Å². The molecule has 3 aromatic carbocycles. The quantitative estimate of drug-likeness (QED) is 0.668. The van der Waals surface area contributed by atoms with E-state index in [2.05, 4.69) is 29.0 Å². The second-order valence-electron chi connectivity index (χ2n) is 7.02. The van der Waals surface area contributed by atoms with Gasteiger partial charge in [-0.3, -0.25) is 0 Å². The van der Waals surface area contributed by atoms with E-state index in [1.807, 2.05) is 63.2 Å². The summed E-state index contributed by atoms with van der Waals surface area (Å²) in [6.07, 6.45) is 0. The molecule has 4 heteroatoms. The van der Waals surface area contributed by atoms with E-state index in [1.54, 1.807) is 12.1 Å². The third kappa shape index (κ3) is 4.65. The van der Waals surface area contributed by atoms with Gasteiger partial charge in [0.25, 0.3) is 0 Å². The Morgan fingerprint density at radius 3 is 1.74 bits per heavy atom. The van der Waals surface area contributed by atoms with Crippen LogP contribution in [0, 0.1) is 13.8 Å². The highest BCUT2D eigenvalue weighted by Crippen LogP contribution is 2.29. The van der Waals surface area contributed by atoms with Crippen molar-refractivity contribution >= 4 is 10.0 Å². The zero-order valence-corrected chi connectivity index (χ0v) is 16.7. The fourth-order valence-electron chi connectivity index (χ4n) is 3.30. The normalized spacial score (nSPS) is 13.9. The van der Waals surface area contributed by atoms with Gasteiger partial charge in [-0.05, 0) is 44.0 Å². The molecule has 3 aromatic rings. The molecule has 0 aliphatic rings. The maximum atomic E-state index is 12.9. The molecule has 0 aromatic heterocycles. The number of benzene rings is 3. The summed E-state index contributed by atoms with van der Waals surface area (Å²) in [5.41, 5.74) is 4.38. The lowest BCUT2D eigenvalue weighted by molar-refractivity contribution is 0.539. The van der Waals surface area contributed by atoms with Crippen LogP contribution >= 0.6 is 0 Å². The van der Waals surface area contributed by atoms with Gasteiger partial charge < -0.3 is 0 Å². The van der Waals surface area contributed by atoms with E-state index < -0.39 is 10.0 Å². The maximum Gasteiger partial charge on any atom is 0.240 e. The first-order valence-electron chi connectivity index (χ1n) is 9.07. The van der Waals surface area contributed by atoms with Crippen molar-refractivity contribution < 1.29 is 8.42 Å². The molecule has 2 atom stereocenters. The standard InChI is InChI=1S/C23H25NO2S/c1-17-9-13-21(14-10-17)23(20-7-5-4-6-8-20)19(3)24-27(25,26)22-15-11-18(2)12-16-22/h4-16,19,23-24H,1-3H3/t19-,23-/m0/s1. The van der Waals surface area contributed by atoms with Gasteiger partial charge in [-0.25, -0.2) is 13.1 Å². The first-order valence-corrected chi connectivity index (χ1v) is 10.6. The third-order valence-corrected chi connectivity index (χ3v) is 6.34. The molecule has 0 unspecified atom stereocenters. The first kappa shape index (κ1) is 19.3. The highest BCUT2D eigenvalue weighted by Gasteiger charge is 2.26. The highest BCUT2D eigenvalue weighted by molar-refractivity contribution is 7.89. The minimum atomic E-state index is -3.60. The summed E-state index contributed by atoms with van der Waals surface area (Å²) in [4.78, 5) is 0.288. The van der Waals surface area contributed by atoms with E-state index in [0.717, 1.165) is 16.7 Å². The summed E-state index contributed by atoms with van der Waals surface area (Å²) in [5.74, 6) is -0.0768. The van der Waals surface area contributed by atoms with Crippen molar-refractivity contribution in [1.82, 2.24) is 4.72 Å². The molecule has 1 N–H and O–H groups in total. The molecule has 0 aliphatic carbocycles. The van der Waals surface area contributed by atoms with Crippen LogP contribution in [-0.2, 0) is 10.0 Å². The summed E-state index contributed by atoms with van der Waals surface area (Å²) >= 11 is 0. The number of hydrogen-bond acceptors (Lipinski definition) is 2. The summed E-state index contributed by atoms with van der Waals surface area (Å²) < 4.78 is 28.6. The Labute approximate surface area is 162 Å². The zero-order chi connectivity index (χ0) is 19.4. The van der Waals surface area contributed by atoms with Crippen LogP contribution in [0.4, 0.5) is 0 Å². The van der Waals surface area contributed by atoms with Crippen molar-refractivity contribution in [1.29, 1.82) is 0 Å². The van der Waals surface area contributed by atoms with Crippen molar-refractivity contribution in [2.45, 2.75) is 37.6 Å². The number of sulfonamides is 1. The third-order valence-electron chi connectivity index (χ3n) is 4.77. The molecule has 0 aliphatic heterocycles. The molecule has 0 fully saturated rings. The van der Waals surface area contributed by atoms with Gasteiger partial charge >= 0.3 is 0 Å². The molecule has 0 bridgehead atoms. The van der Waals surface area contributed by atoms with Crippen LogP contribution in [0.5, 0.6) is 0 Å². The van der Waals surface area contributed by atoms with E-state index in [9.17, 15) is 8.42 Å². The summed E-state index contributed by atoms with van der Waals surface area (Å²) in [7, 11) is -3.60. The lowest BCUT2D eigenvalue weighted by Gasteiger charge is -2.26. The maximum absolute atomic E-state index is 12.9. The van der Waals surface area contributed by atoms with E-state index in [4.69, 9.17) is 0 Å². The van der Waals surface area contributed by atoms with Gasteiger partial charge in [-0.2, -0.15) is 0 Å². The van der Waals surface area contributed by atoms with Gasteiger partial charge in [0, 0.05) is 12.0 Å². The average Bonchev–Trinajstić information content (AvgIpc) is 2.64. The fraction of sp³-hybridized carbons (Fsp3) is 0.217. The minimum absolute atomic E-state index is 0.0768. The van der Waals surface area contributed by atoms with Crippen molar-refractivity contribution in [3.8, 4) is 0 Å². The van der Waals surface area contributed by atoms with Gasteiger partial charge in [0.15, 0.2) is 0 Å². The molecule has 3 nitrogen and oxygen atoms in total. The van der Waals surface area contributed by atoms with E-state index in [-0.39, 0.29) is 16.9 Å². The number of rotatable bonds is 6. The van der Waals surface area contributed by atoms with Crippen molar-refractivity contribution in [3.05, 3.63) is 101 Å². The Hall–Kier alpha value is -2.43. The number of nitrogens with one attached hydrogen (secondary N) is 1. The molecule has 140 valence electrons. The van der Waals surface area contributed by atoms with Crippen LogP contribution in [0.25, 0.3) is 0 Å². The van der Waals surface area contributed by atoms with Crippen molar-refractivity contribution in [3.63, 3.8) is 0 Å². The molecule has 0 saturated carbocycles. The Balaban J connectivity index is 1.94. The monoisotopic (exact) mass is 379 g/mol. The van der Waals surface area contributed by atoms with E-state index in [0.29, 0.717) is 0 Å². The molecule has 3 rings (SSSR count). The Morgan fingerprint density at radius 2 is 1.19 bits per heavy atom. The Bertz CT molecular complexity index is 979. The summed E-state index contributed by atoms with van der Waals surface area (Å²) in [5, 5.41) is 0. The SMILES string of the molecule is Cc1ccc([C@H](c2ccccc2)[C@H](C)NS(=O)(=O)c2ccc(C)cc2)cc1. The van der Waals surface area contributed by atoms with Gasteiger partial charge in [0.2, 0.25) is 10.0 Å². The smallest absolute Gasteiger partial charge is 0.207 e.